The number of carbonyl (C=O) groups excluding carboxylic acids is 1. The summed E-state index contributed by atoms with van der Waals surface area (Å²) >= 11 is 0. The average molecular weight is 236 g/mol. The number of nitrogens with one attached hydrogen (secondary N) is 1. The number of nitrogens with two attached hydrogens (primary N) is 1. The molecule has 8 heteroatoms. The van der Waals surface area contributed by atoms with Crippen molar-refractivity contribution in [2.24, 2.45) is 7.05 Å². The van der Waals surface area contributed by atoms with E-state index in [-0.39, 0.29) is 11.7 Å². The molecule has 8 nitrogen and oxygen atoms in total. The van der Waals surface area contributed by atoms with Crippen LogP contribution in [0.25, 0.3) is 0 Å². The Balaban J connectivity index is 2.26. The molecule has 0 radical (unpaired) electrons. The molecule has 2 rings (SSSR count). The van der Waals surface area contributed by atoms with Crippen molar-refractivity contribution >= 4 is 17.6 Å². The summed E-state index contributed by atoms with van der Waals surface area (Å²) in [6, 6.07) is 0.0331. The molecule has 90 valence electrons. The SMILES string of the molecule is Cc1nnc(NC(=O)c2c(N)c(C)nn2C)o1. The summed E-state index contributed by atoms with van der Waals surface area (Å²) in [5, 5.41) is 13.8. The molecule has 17 heavy (non-hydrogen) atoms. The van der Waals surface area contributed by atoms with Gasteiger partial charge >= 0.3 is 6.01 Å². The molecule has 0 bridgehead atoms. The van der Waals surface area contributed by atoms with Gasteiger partial charge in [-0.2, -0.15) is 5.10 Å². The molecule has 1 amide bonds. The molecule has 0 atom stereocenters. The molecular formula is C9H12N6O2. The molecule has 0 aliphatic carbocycles. The number of hydrogen-bond donors (Lipinski definition) is 2. The van der Waals surface area contributed by atoms with Gasteiger partial charge in [-0.3, -0.25) is 14.8 Å². The van der Waals surface area contributed by atoms with Crippen LogP contribution in [0.15, 0.2) is 4.42 Å². The molecular weight excluding hydrogens is 224 g/mol. The lowest BCUT2D eigenvalue weighted by Crippen LogP contribution is -2.17. The van der Waals surface area contributed by atoms with E-state index >= 15 is 0 Å². The topological polar surface area (TPSA) is 112 Å². The number of aromatic nitrogens is 4. The first-order valence-corrected chi connectivity index (χ1v) is 4.89. The van der Waals surface area contributed by atoms with Gasteiger partial charge in [0.1, 0.15) is 5.69 Å². The first kappa shape index (κ1) is 11.1. The lowest BCUT2D eigenvalue weighted by molar-refractivity contribution is 0.101. The molecule has 0 fully saturated rings. The van der Waals surface area contributed by atoms with Crippen LogP contribution in [0.5, 0.6) is 0 Å². The normalized spacial score (nSPS) is 10.5. The van der Waals surface area contributed by atoms with Crippen molar-refractivity contribution in [3.63, 3.8) is 0 Å². The predicted molar refractivity (Wildman–Crippen MR) is 59.3 cm³/mol. The maximum Gasteiger partial charge on any atom is 0.322 e. The average Bonchev–Trinajstić information content (AvgIpc) is 2.73. The van der Waals surface area contributed by atoms with Crippen molar-refractivity contribution < 1.29 is 9.21 Å². The first-order chi connectivity index (χ1) is 7.99. The minimum Gasteiger partial charge on any atom is -0.408 e. The molecule has 0 aliphatic rings. The summed E-state index contributed by atoms with van der Waals surface area (Å²) in [5.41, 5.74) is 6.95. The van der Waals surface area contributed by atoms with Crippen LogP contribution in [0.2, 0.25) is 0 Å². The molecule has 2 heterocycles. The van der Waals surface area contributed by atoms with Crippen LogP contribution in [-0.2, 0) is 7.05 Å². The lowest BCUT2D eigenvalue weighted by atomic mass is 10.3. The second kappa shape index (κ2) is 3.89. The Morgan fingerprint density at radius 3 is 2.59 bits per heavy atom. The van der Waals surface area contributed by atoms with E-state index in [0.29, 0.717) is 17.3 Å². The highest BCUT2D eigenvalue weighted by Gasteiger charge is 2.19. The van der Waals surface area contributed by atoms with Crippen LogP contribution in [0.3, 0.4) is 0 Å². The third-order valence-corrected chi connectivity index (χ3v) is 2.23. The largest absolute Gasteiger partial charge is 0.408 e. The molecule has 2 aromatic rings. The number of nitrogen functional groups attached to an aromatic ring is 1. The minimum absolute atomic E-state index is 0.0331. The van der Waals surface area contributed by atoms with E-state index in [9.17, 15) is 4.79 Å². The van der Waals surface area contributed by atoms with E-state index in [1.54, 1.807) is 20.9 Å². The van der Waals surface area contributed by atoms with Crippen LogP contribution >= 0.6 is 0 Å². The van der Waals surface area contributed by atoms with Crippen molar-refractivity contribution in [3.05, 3.63) is 17.3 Å². The Labute approximate surface area is 96.8 Å². The van der Waals surface area contributed by atoms with Crippen molar-refractivity contribution in [1.82, 2.24) is 20.0 Å². The quantitative estimate of drug-likeness (QED) is 0.773. The van der Waals surface area contributed by atoms with Gasteiger partial charge in [-0.15, -0.1) is 5.10 Å². The van der Waals surface area contributed by atoms with E-state index in [1.165, 1.54) is 4.68 Å². The summed E-state index contributed by atoms with van der Waals surface area (Å²) in [6.45, 7) is 3.36. The van der Waals surface area contributed by atoms with Gasteiger partial charge < -0.3 is 10.2 Å². The summed E-state index contributed by atoms with van der Waals surface area (Å²) in [5.74, 6) is -0.0660. The fraction of sp³-hybridized carbons (Fsp3) is 0.333. The fourth-order valence-corrected chi connectivity index (χ4v) is 1.45. The third-order valence-electron chi connectivity index (χ3n) is 2.23. The lowest BCUT2D eigenvalue weighted by Gasteiger charge is -2.01. The van der Waals surface area contributed by atoms with Gasteiger partial charge in [0.05, 0.1) is 11.4 Å². The highest BCUT2D eigenvalue weighted by Crippen LogP contribution is 2.16. The van der Waals surface area contributed by atoms with Gasteiger partial charge in [-0.05, 0) is 6.92 Å². The molecule has 0 saturated carbocycles. The molecule has 0 spiro atoms. The van der Waals surface area contributed by atoms with E-state index in [1.807, 2.05) is 0 Å². The first-order valence-electron chi connectivity index (χ1n) is 4.89. The van der Waals surface area contributed by atoms with Crippen LogP contribution < -0.4 is 11.1 Å². The maximum atomic E-state index is 11.9. The highest BCUT2D eigenvalue weighted by atomic mass is 16.4. The van der Waals surface area contributed by atoms with E-state index < -0.39 is 5.91 Å². The highest BCUT2D eigenvalue weighted by molar-refractivity contribution is 6.05. The zero-order valence-corrected chi connectivity index (χ0v) is 9.68. The van der Waals surface area contributed by atoms with Gasteiger partial charge in [-0.25, -0.2) is 0 Å². The Morgan fingerprint density at radius 2 is 2.12 bits per heavy atom. The maximum absolute atomic E-state index is 11.9. The van der Waals surface area contributed by atoms with Crippen LogP contribution in [-0.4, -0.2) is 25.9 Å². The van der Waals surface area contributed by atoms with Gasteiger partial charge in [0.2, 0.25) is 5.89 Å². The van der Waals surface area contributed by atoms with Crippen LogP contribution in [0.1, 0.15) is 22.1 Å². The minimum atomic E-state index is -0.436. The number of carbonyl (C=O) groups is 1. The zero-order valence-electron chi connectivity index (χ0n) is 9.68. The van der Waals surface area contributed by atoms with Gasteiger partial charge in [0.15, 0.2) is 0 Å². The number of aryl methyl sites for hydroxylation is 3. The molecule has 0 unspecified atom stereocenters. The second-order valence-electron chi connectivity index (χ2n) is 3.55. The monoisotopic (exact) mass is 236 g/mol. The Hall–Kier alpha value is -2.38. The van der Waals surface area contributed by atoms with E-state index in [2.05, 4.69) is 20.6 Å². The summed E-state index contributed by atoms with van der Waals surface area (Å²) in [7, 11) is 1.64. The van der Waals surface area contributed by atoms with Gasteiger partial charge in [-0.1, -0.05) is 5.10 Å². The number of amides is 1. The Morgan fingerprint density at radius 1 is 1.41 bits per heavy atom. The predicted octanol–water partition coefficient (Wildman–Crippen LogP) is 0.254. The zero-order chi connectivity index (χ0) is 12.6. The molecule has 3 N–H and O–H groups in total. The summed E-state index contributed by atoms with van der Waals surface area (Å²) in [4.78, 5) is 11.9. The van der Waals surface area contributed by atoms with Crippen molar-refractivity contribution in [2.45, 2.75) is 13.8 Å². The number of rotatable bonds is 2. The van der Waals surface area contributed by atoms with Crippen LogP contribution in [0, 0.1) is 13.8 Å². The number of anilines is 2. The van der Waals surface area contributed by atoms with E-state index in [4.69, 9.17) is 10.2 Å². The fourth-order valence-electron chi connectivity index (χ4n) is 1.45. The van der Waals surface area contributed by atoms with E-state index in [0.717, 1.165) is 0 Å². The third kappa shape index (κ3) is 1.96. The molecule has 2 aromatic heterocycles. The smallest absolute Gasteiger partial charge is 0.322 e. The number of hydrogen-bond acceptors (Lipinski definition) is 6. The van der Waals surface area contributed by atoms with Crippen molar-refractivity contribution in [3.8, 4) is 0 Å². The summed E-state index contributed by atoms with van der Waals surface area (Å²) in [6.07, 6.45) is 0. The second-order valence-corrected chi connectivity index (χ2v) is 3.55. The van der Waals surface area contributed by atoms with Crippen LogP contribution in [0.4, 0.5) is 11.7 Å². The molecule has 0 aliphatic heterocycles. The molecule has 0 saturated heterocycles. The van der Waals surface area contributed by atoms with Gasteiger partial charge in [0, 0.05) is 14.0 Å². The van der Waals surface area contributed by atoms with Crippen molar-refractivity contribution in [2.75, 3.05) is 11.1 Å². The van der Waals surface area contributed by atoms with Crippen molar-refractivity contribution in [1.29, 1.82) is 0 Å². The number of nitrogens with zero attached hydrogens (tertiary/aromatic N) is 4. The Kier molecular flexibility index (Phi) is 2.54. The standard InChI is InChI=1S/C9H12N6O2/c1-4-6(10)7(15(3)14-4)8(16)11-9-13-12-5(2)17-9/h10H2,1-3H3,(H,11,13,16). The summed E-state index contributed by atoms with van der Waals surface area (Å²) < 4.78 is 6.44. The molecule has 0 aromatic carbocycles. The Bertz CT molecular complexity index is 570. The van der Waals surface area contributed by atoms with Gasteiger partial charge in [0.25, 0.3) is 5.91 Å².